The Labute approximate surface area is 108 Å². The van der Waals surface area contributed by atoms with E-state index in [1.165, 1.54) is 0 Å². The third-order valence-electron chi connectivity index (χ3n) is 2.74. The Morgan fingerprint density at radius 1 is 1.29 bits per heavy atom. The molecule has 0 amide bonds. The summed E-state index contributed by atoms with van der Waals surface area (Å²) in [4.78, 5) is 11.0. The van der Waals surface area contributed by atoms with E-state index in [1.807, 2.05) is 31.2 Å². The van der Waals surface area contributed by atoms with Gasteiger partial charge < -0.3 is 9.67 Å². The summed E-state index contributed by atoms with van der Waals surface area (Å²) in [6.45, 7) is 2.02. The lowest BCUT2D eigenvalue weighted by Crippen LogP contribution is -2.05. The molecule has 1 aromatic heterocycles. The predicted molar refractivity (Wildman–Crippen MR) is 70.2 cm³/mol. The van der Waals surface area contributed by atoms with Crippen molar-refractivity contribution in [3.8, 4) is 11.3 Å². The molecule has 0 aliphatic carbocycles. The zero-order valence-corrected chi connectivity index (χ0v) is 11.2. The number of aromatic carboxylic acids is 1. The third-order valence-corrected chi connectivity index (χ3v) is 3.40. The zero-order chi connectivity index (χ0) is 12.6. The van der Waals surface area contributed by atoms with Gasteiger partial charge in [-0.2, -0.15) is 0 Å². The van der Waals surface area contributed by atoms with Crippen LogP contribution in [0.1, 0.15) is 16.1 Å². The van der Waals surface area contributed by atoms with Crippen LogP contribution in [-0.4, -0.2) is 15.6 Å². The molecule has 4 heteroatoms. The fraction of sp³-hybridized carbons (Fsp3) is 0.154. The molecule has 3 nitrogen and oxygen atoms in total. The van der Waals surface area contributed by atoms with Crippen molar-refractivity contribution in [2.75, 3.05) is 0 Å². The smallest absolute Gasteiger partial charge is 0.352 e. The van der Waals surface area contributed by atoms with Gasteiger partial charge >= 0.3 is 5.97 Å². The molecule has 0 aliphatic heterocycles. The van der Waals surface area contributed by atoms with Crippen molar-refractivity contribution < 1.29 is 9.90 Å². The number of rotatable bonds is 2. The number of halogens is 1. The Kier molecular flexibility index (Phi) is 3.07. The van der Waals surface area contributed by atoms with Crippen LogP contribution < -0.4 is 0 Å². The number of hydrogen-bond donors (Lipinski definition) is 1. The maximum Gasteiger partial charge on any atom is 0.352 e. The van der Waals surface area contributed by atoms with Crippen LogP contribution in [0.3, 0.4) is 0 Å². The normalized spacial score (nSPS) is 10.5. The number of aryl methyl sites for hydroxylation is 1. The first-order valence-electron chi connectivity index (χ1n) is 5.16. The zero-order valence-electron chi connectivity index (χ0n) is 9.57. The topological polar surface area (TPSA) is 42.2 Å². The molecule has 0 unspecified atom stereocenters. The van der Waals surface area contributed by atoms with E-state index in [4.69, 9.17) is 5.11 Å². The summed E-state index contributed by atoms with van der Waals surface area (Å²) in [5.74, 6) is -0.915. The van der Waals surface area contributed by atoms with Crippen molar-refractivity contribution in [1.82, 2.24) is 4.57 Å². The lowest BCUT2D eigenvalue weighted by molar-refractivity contribution is 0.0687. The second kappa shape index (κ2) is 4.37. The van der Waals surface area contributed by atoms with Crippen LogP contribution in [0.25, 0.3) is 11.3 Å². The molecular formula is C13H12BrNO2. The van der Waals surface area contributed by atoms with Crippen molar-refractivity contribution in [1.29, 1.82) is 0 Å². The molecule has 1 aromatic carbocycles. The molecule has 2 aromatic rings. The van der Waals surface area contributed by atoms with Crippen LogP contribution in [0.2, 0.25) is 0 Å². The second-order valence-electron chi connectivity index (χ2n) is 3.95. The molecule has 88 valence electrons. The summed E-state index contributed by atoms with van der Waals surface area (Å²) in [5.41, 5.74) is 3.32. The molecule has 0 saturated heterocycles. The second-order valence-corrected chi connectivity index (χ2v) is 4.81. The Bertz CT molecular complexity index is 587. The van der Waals surface area contributed by atoms with E-state index >= 15 is 0 Å². The molecule has 17 heavy (non-hydrogen) atoms. The number of carboxylic acid groups (broad SMARTS) is 1. The highest BCUT2D eigenvalue weighted by Crippen LogP contribution is 2.30. The Morgan fingerprint density at radius 2 is 2.00 bits per heavy atom. The quantitative estimate of drug-likeness (QED) is 0.921. The molecule has 0 saturated carbocycles. The van der Waals surface area contributed by atoms with E-state index in [1.54, 1.807) is 17.7 Å². The molecule has 0 aliphatic rings. The molecule has 2 rings (SSSR count). The Hall–Kier alpha value is -1.55. The maximum absolute atomic E-state index is 11.0. The van der Waals surface area contributed by atoms with Gasteiger partial charge in [-0.25, -0.2) is 4.79 Å². The molecular weight excluding hydrogens is 282 g/mol. The van der Waals surface area contributed by atoms with E-state index < -0.39 is 5.97 Å². The molecule has 0 atom stereocenters. The fourth-order valence-electron chi connectivity index (χ4n) is 1.82. The van der Waals surface area contributed by atoms with E-state index in [2.05, 4.69) is 15.9 Å². The van der Waals surface area contributed by atoms with Crippen LogP contribution >= 0.6 is 15.9 Å². The average molecular weight is 294 g/mol. The first-order valence-corrected chi connectivity index (χ1v) is 5.95. The van der Waals surface area contributed by atoms with Gasteiger partial charge in [-0.15, -0.1) is 0 Å². The van der Waals surface area contributed by atoms with Gasteiger partial charge in [-0.05, 0) is 30.7 Å². The molecule has 0 fully saturated rings. The highest BCUT2D eigenvalue weighted by Gasteiger charge is 2.13. The van der Waals surface area contributed by atoms with Crippen LogP contribution in [0.4, 0.5) is 0 Å². The molecule has 1 heterocycles. The number of aromatic nitrogens is 1. The monoisotopic (exact) mass is 293 g/mol. The van der Waals surface area contributed by atoms with Gasteiger partial charge in [0.1, 0.15) is 5.69 Å². The Balaban J connectivity index is 2.57. The fourth-order valence-corrected chi connectivity index (χ4v) is 2.52. The van der Waals surface area contributed by atoms with Gasteiger partial charge in [0.15, 0.2) is 0 Å². The summed E-state index contributed by atoms with van der Waals surface area (Å²) < 4.78 is 2.65. The largest absolute Gasteiger partial charge is 0.477 e. The van der Waals surface area contributed by atoms with E-state index in [9.17, 15) is 4.79 Å². The predicted octanol–water partition coefficient (Wildman–Crippen LogP) is 3.46. The highest BCUT2D eigenvalue weighted by atomic mass is 79.9. The molecule has 0 bridgehead atoms. The Morgan fingerprint density at radius 3 is 2.53 bits per heavy atom. The van der Waals surface area contributed by atoms with Gasteiger partial charge in [0.05, 0.1) is 0 Å². The lowest BCUT2D eigenvalue weighted by atomic mass is 10.1. The minimum Gasteiger partial charge on any atom is -0.477 e. The maximum atomic E-state index is 11.0. The van der Waals surface area contributed by atoms with Gasteiger partial charge in [0, 0.05) is 22.8 Å². The first-order chi connectivity index (χ1) is 8.00. The summed E-state index contributed by atoms with van der Waals surface area (Å²) >= 11 is 3.50. The summed E-state index contributed by atoms with van der Waals surface area (Å²) in [7, 11) is 1.76. The van der Waals surface area contributed by atoms with Gasteiger partial charge in [-0.1, -0.05) is 28.1 Å². The van der Waals surface area contributed by atoms with E-state index in [-0.39, 0.29) is 5.69 Å². The van der Waals surface area contributed by atoms with Crippen LogP contribution in [0, 0.1) is 6.92 Å². The van der Waals surface area contributed by atoms with E-state index in [0.717, 1.165) is 21.3 Å². The summed E-state index contributed by atoms with van der Waals surface area (Å²) in [5, 5.41) is 9.01. The molecule has 0 spiro atoms. The lowest BCUT2D eigenvalue weighted by Gasteiger charge is -2.08. The van der Waals surface area contributed by atoms with Crippen molar-refractivity contribution in [2.24, 2.45) is 7.05 Å². The number of carboxylic acids is 1. The number of hydrogen-bond acceptors (Lipinski definition) is 1. The van der Waals surface area contributed by atoms with Crippen molar-refractivity contribution in [2.45, 2.75) is 6.92 Å². The summed E-state index contributed by atoms with van der Waals surface area (Å²) in [6.07, 6.45) is 0. The van der Waals surface area contributed by atoms with Crippen molar-refractivity contribution in [3.63, 3.8) is 0 Å². The number of carbonyl (C=O) groups is 1. The van der Waals surface area contributed by atoms with E-state index in [0.29, 0.717) is 0 Å². The summed E-state index contributed by atoms with van der Waals surface area (Å²) in [6, 6.07) is 9.44. The minimum atomic E-state index is -0.915. The standard InChI is InChI=1S/C13H12BrNO2/c1-8-3-4-9(10(14)7-8)11-5-6-12(13(16)17)15(11)2/h3-7H,1-2H3,(H,16,17). The van der Waals surface area contributed by atoms with Gasteiger partial charge in [0.25, 0.3) is 0 Å². The van der Waals surface area contributed by atoms with Gasteiger partial charge in [-0.3, -0.25) is 0 Å². The SMILES string of the molecule is Cc1ccc(-c2ccc(C(=O)O)n2C)c(Br)c1. The average Bonchev–Trinajstić information content (AvgIpc) is 2.60. The van der Waals surface area contributed by atoms with Crippen LogP contribution in [-0.2, 0) is 7.05 Å². The van der Waals surface area contributed by atoms with Crippen LogP contribution in [0.15, 0.2) is 34.8 Å². The molecule has 1 N–H and O–H groups in total. The number of nitrogens with zero attached hydrogens (tertiary/aromatic N) is 1. The van der Waals surface area contributed by atoms with Gasteiger partial charge in [0.2, 0.25) is 0 Å². The molecule has 0 radical (unpaired) electrons. The first kappa shape index (κ1) is 11.9. The highest BCUT2D eigenvalue weighted by molar-refractivity contribution is 9.10. The van der Waals surface area contributed by atoms with Crippen molar-refractivity contribution in [3.05, 3.63) is 46.1 Å². The van der Waals surface area contributed by atoms with Crippen molar-refractivity contribution >= 4 is 21.9 Å². The number of benzene rings is 1. The van der Waals surface area contributed by atoms with Crippen LogP contribution in [0.5, 0.6) is 0 Å². The third kappa shape index (κ3) is 2.13. The minimum absolute atomic E-state index is 0.285.